The third-order valence-corrected chi connectivity index (χ3v) is 8.09. The van der Waals surface area contributed by atoms with E-state index in [-0.39, 0.29) is 23.9 Å². The van der Waals surface area contributed by atoms with Crippen LogP contribution in [0.4, 0.5) is 0 Å². The van der Waals surface area contributed by atoms with E-state index < -0.39 is 36.3 Å². The zero-order chi connectivity index (χ0) is 29.1. The molecule has 3 N–H and O–H groups in total. The quantitative estimate of drug-likeness (QED) is 0.240. The molecule has 3 rings (SSSR count). The van der Waals surface area contributed by atoms with Gasteiger partial charge in [0.25, 0.3) is 0 Å². The van der Waals surface area contributed by atoms with E-state index in [4.69, 9.17) is 4.74 Å². The monoisotopic (exact) mass is 582 g/mol. The van der Waals surface area contributed by atoms with Crippen LogP contribution >= 0.6 is 23.1 Å². The molecular formula is C30H34N2O6S2. The van der Waals surface area contributed by atoms with Gasteiger partial charge in [0.05, 0.1) is 31.7 Å². The van der Waals surface area contributed by atoms with Crippen molar-refractivity contribution in [2.24, 2.45) is 5.92 Å². The van der Waals surface area contributed by atoms with E-state index in [0.717, 1.165) is 16.0 Å². The Bertz CT molecular complexity index is 1290. The van der Waals surface area contributed by atoms with E-state index in [9.17, 15) is 24.3 Å². The minimum atomic E-state index is -1.20. The van der Waals surface area contributed by atoms with Gasteiger partial charge in [-0.15, -0.1) is 23.1 Å². The van der Waals surface area contributed by atoms with Crippen LogP contribution in [-0.4, -0.2) is 53.6 Å². The average molecular weight is 583 g/mol. The number of methoxy groups -OCH3 is 1. The summed E-state index contributed by atoms with van der Waals surface area (Å²) < 4.78 is 5.44. The number of carbonyl (C=O) groups is 4. The van der Waals surface area contributed by atoms with Gasteiger partial charge in [0.15, 0.2) is 5.78 Å². The Balaban J connectivity index is 1.65. The summed E-state index contributed by atoms with van der Waals surface area (Å²) in [4.78, 5) is 51.6. The van der Waals surface area contributed by atoms with E-state index >= 15 is 0 Å². The number of aliphatic carboxylic acids is 1. The molecule has 2 amide bonds. The summed E-state index contributed by atoms with van der Waals surface area (Å²) in [6.07, 6.45) is -0.561. The summed E-state index contributed by atoms with van der Waals surface area (Å²) in [5.74, 6) is -1.70. The van der Waals surface area contributed by atoms with Gasteiger partial charge in [-0.25, -0.2) is 0 Å². The van der Waals surface area contributed by atoms with Crippen LogP contribution in [-0.2, 0) is 31.4 Å². The molecule has 40 heavy (non-hydrogen) atoms. The minimum Gasteiger partial charge on any atom is -0.496 e. The number of Topliss-reactive ketones (excluding diaryl/α,β-unsaturated/α-hetero) is 1. The Morgan fingerprint density at radius 2 is 1.75 bits per heavy atom. The summed E-state index contributed by atoms with van der Waals surface area (Å²) in [5.41, 5.74) is 2.67. The summed E-state index contributed by atoms with van der Waals surface area (Å²) >= 11 is 2.94. The SMILES string of the molecule is COc1ccc(-c2cccs2)cc1CC(=O)NC(C(=O)NC(CC(=O)O)C(=O)CSCc1ccccc1)C(C)C. The van der Waals surface area contributed by atoms with Crippen molar-refractivity contribution in [2.45, 2.75) is 44.5 Å². The summed E-state index contributed by atoms with van der Waals surface area (Å²) in [5, 5.41) is 16.7. The molecular weight excluding hydrogens is 548 g/mol. The Morgan fingerprint density at radius 1 is 1.00 bits per heavy atom. The fraction of sp³-hybridized carbons (Fsp3) is 0.333. The summed E-state index contributed by atoms with van der Waals surface area (Å²) in [7, 11) is 1.53. The van der Waals surface area contributed by atoms with Crippen LogP contribution in [0.1, 0.15) is 31.4 Å². The maximum Gasteiger partial charge on any atom is 0.305 e. The number of ketones is 1. The molecule has 0 aliphatic carbocycles. The number of carboxylic acid groups (broad SMARTS) is 1. The third kappa shape index (κ3) is 9.24. The fourth-order valence-corrected chi connectivity index (χ4v) is 5.73. The molecule has 0 bridgehead atoms. The van der Waals surface area contributed by atoms with Gasteiger partial charge in [-0.2, -0.15) is 0 Å². The third-order valence-electron chi connectivity index (χ3n) is 6.14. The van der Waals surface area contributed by atoms with Crippen molar-refractivity contribution >= 4 is 46.7 Å². The second-order valence-electron chi connectivity index (χ2n) is 9.57. The Hall–Kier alpha value is -3.63. The lowest BCUT2D eigenvalue weighted by Crippen LogP contribution is -2.54. The van der Waals surface area contributed by atoms with Crippen molar-refractivity contribution in [1.82, 2.24) is 10.6 Å². The van der Waals surface area contributed by atoms with Gasteiger partial charge < -0.3 is 20.5 Å². The Labute approximate surface area is 242 Å². The average Bonchev–Trinajstić information content (AvgIpc) is 3.46. The number of thiophene rings is 1. The van der Waals surface area contributed by atoms with Crippen molar-refractivity contribution in [2.75, 3.05) is 12.9 Å². The lowest BCUT2D eigenvalue weighted by molar-refractivity contribution is -0.140. The minimum absolute atomic E-state index is 0.0213. The van der Waals surface area contributed by atoms with Crippen LogP contribution in [0.3, 0.4) is 0 Å². The highest BCUT2D eigenvalue weighted by molar-refractivity contribution is 7.99. The van der Waals surface area contributed by atoms with Crippen molar-refractivity contribution in [3.8, 4) is 16.2 Å². The van der Waals surface area contributed by atoms with Crippen LogP contribution in [0.25, 0.3) is 10.4 Å². The Kier molecular flexibility index (Phi) is 11.8. The number of hydrogen-bond acceptors (Lipinski definition) is 7. The summed E-state index contributed by atoms with van der Waals surface area (Å²) in [6, 6.07) is 17.0. The van der Waals surface area contributed by atoms with E-state index in [1.165, 1.54) is 18.9 Å². The highest BCUT2D eigenvalue weighted by Gasteiger charge is 2.30. The van der Waals surface area contributed by atoms with Gasteiger partial charge in [-0.05, 0) is 46.7 Å². The molecule has 0 saturated carbocycles. The normalized spacial score (nSPS) is 12.4. The van der Waals surface area contributed by atoms with Crippen LogP contribution in [0.15, 0.2) is 66.0 Å². The molecule has 8 nitrogen and oxygen atoms in total. The molecule has 10 heteroatoms. The first-order valence-corrected chi connectivity index (χ1v) is 14.9. The van der Waals surface area contributed by atoms with E-state index in [1.54, 1.807) is 25.2 Å². The topological polar surface area (TPSA) is 122 Å². The number of benzene rings is 2. The Morgan fingerprint density at radius 3 is 2.38 bits per heavy atom. The molecule has 0 aliphatic rings. The van der Waals surface area contributed by atoms with Crippen molar-refractivity contribution < 1.29 is 29.0 Å². The highest BCUT2D eigenvalue weighted by atomic mass is 32.2. The van der Waals surface area contributed by atoms with E-state index in [2.05, 4.69) is 10.6 Å². The van der Waals surface area contributed by atoms with Gasteiger partial charge in [-0.3, -0.25) is 19.2 Å². The van der Waals surface area contributed by atoms with Gasteiger partial charge in [0.2, 0.25) is 11.8 Å². The molecule has 212 valence electrons. The molecule has 0 radical (unpaired) electrons. The molecule has 2 atom stereocenters. The smallest absolute Gasteiger partial charge is 0.305 e. The number of amides is 2. The molecule has 3 aromatic rings. The predicted octanol–water partition coefficient (Wildman–Crippen LogP) is 4.57. The van der Waals surface area contributed by atoms with Gasteiger partial charge in [-0.1, -0.05) is 50.2 Å². The van der Waals surface area contributed by atoms with Gasteiger partial charge >= 0.3 is 5.97 Å². The number of thioether (sulfide) groups is 1. The number of carbonyl (C=O) groups excluding carboxylic acids is 3. The number of carboxylic acids is 1. The molecule has 1 heterocycles. The standard InChI is InChI=1S/C30H34N2O6S2/c1-19(2)29(32-27(34)15-22-14-21(11-12-25(22)38-3)26-10-7-13-40-26)30(37)31-23(16-28(35)36)24(33)18-39-17-20-8-5-4-6-9-20/h4-14,19,23,29H,15-18H2,1-3H3,(H,31,37)(H,32,34)(H,35,36). The number of nitrogens with one attached hydrogen (secondary N) is 2. The largest absolute Gasteiger partial charge is 0.496 e. The number of rotatable bonds is 15. The van der Waals surface area contributed by atoms with Gasteiger partial charge in [0, 0.05) is 16.2 Å². The predicted molar refractivity (Wildman–Crippen MR) is 159 cm³/mol. The number of hydrogen-bond donors (Lipinski definition) is 3. The second-order valence-corrected chi connectivity index (χ2v) is 11.5. The first kappa shape index (κ1) is 30.9. The zero-order valence-electron chi connectivity index (χ0n) is 22.7. The first-order chi connectivity index (χ1) is 19.2. The zero-order valence-corrected chi connectivity index (χ0v) is 24.3. The fourth-order valence-electron chi connectivity index (χ4n) is 4.07. The van der Waals surface area contributed by atoms with Crippen LogP contribution in [0, 0.1) is 5.92 Å². The lowest BCUT2D eigenvalue weighted by Gasteiger charge is -2.25. The molecule has 0 aliphatic heterocycles. The molecule has 0 saturated heterocycles. The van der Waals surface area contributed by atoms with Gasteiger partial charge in [0.1, 0.15) is 11.8 Å². The van der Waals surface area contributed by atoms with Crippen molar-refractivity contribution in [1.29, 1.82) is 0 Å². The second kappa shape index (κ2) is 15.2. The molecule has 2 aromatic carbocycles. The molecule has 1 aromatic heterocycles. The number of ether oxygens (including phenoxy) is 1. The van der Waals surface area contributed by atoms with Crippen LogP contribution in [0.5, 0.6) is 5.75 Å². The van der Waals surface area contributed by atoms with Crippen LogP contribution in [0.2, 0.25) is 0 Å². The lowest BCUT2D eigenvalue weighted by atomic mass is 10.0. The van der Waals surface area contributed by atoms with E-state index in [1.807, 2.05) is 66.0 Å². The molecule has 0 spiro atoms. The van der Waals surface area contributed by atoms with E-state index in [0.29, 0.717) is 17.1 Å². The highest BCUT2D eigenvalue weighted by Crippen LogP contribution is 2.30. The van der Waals surface area contributed by atoms with Crippen LogP contribution < -0.4 is 15.4 Å². The maximum absolute atomic E-state index is 13.2. The first-order valence-electron chi connectivity index (χ1n) is 12.8. The molecule has 2 unspecified atom stereocenters. The maximum atomic E-state index is 13.2. The summed E-state index contributed by atoms with van der Waals surface area (Å²) in [6.45, 7) is 3.54. The molecule has 0 fully saturated rings. The van der Waals surface area contributed by atoms with Crippen molar-refractivity contribution in [3.63, 3.8) is 0 Å². The van der Waals surface area contributed by atoms with Crippen molar-refractivity contribution in [3.05, 3.63) is 77.2 Å².